The first-order valence-corrected chi connectivity index (χ1v) is 8.08. The second-order valence-corrected chi connectivity index (χ2v) is 6.13. The molecule has 1 amide bonds. The lowest BCUT2D eigenvalue weighted by Gasteiger charge is -2.17. The number of amides is 1. The van der Waals surface area contributed by atoms with E-state index in [1.807, 2.05) is 32.9 Å². The molecule has 0 bridgehead atoms. The van der Waals surface area contributed by atoms with Gasteiger partial charge in [0.2, 0.25) is 0 Å². The number of aromatic nitrogens is 2. The van der Waals surface area contributed by atoms with E-state index in [2.05, 4.69) is 10.4 Å². The molecule has 2 N–H and O–H groups in total. The smallest absolute Gasteiger partial charge is 0.254 e. The van der Waals surface area contributed by atoms with Gasteiger partial charge < -0.3 is 10.4 Å². The van der Waals surface area contributed by atoms with Crippen molar-refractivity contribution in [3.05, 3.63) is 46.7 Å². The predicted molar refractivity (Wildman–Crippen MR) is 91.1 cm³/mol. The van der Waals surface area contributed by atoms with Crippen LogP contribution in [0, 0.1) is 12.8 Å². The highest BCUT2D eigenvalue weighted by molar-refractivity contribution is 6.30. The van der Waals surface area contributed by atoms with Crippen molar-refractivity contribution < 1.29 is 9.90 Å². The van der Waals surface area contributed by atoms with Crippen LogP contribution in [0.4, 0.5) is 0 Å². The van der Waals surface area contributed by atoms with Gasteiger partial charge in [0.25, 0.3) is 5.91 Å². The molecule has 5 nitrogen and oxygen atoms in total. The first-order valence-electron chi connectivity index (χ1n) is 7.70. The first-order chi connectivity index (χ1) is 10.9. The lowest BCUT2D eigenvalue weighted by molar-refractivity contribution is 0.0849. The molecule has 1 aromatic heterocycles. The average Bonchev–Trinajstić information content (AvgIpc) is 2.93. The Hall–Kier alpha value is -1.85. The van der Waals surface area contributed by atoms with Crippen molar-refractivity contribution >= 4 is 17.5 Å². The zero-order chi connectivity index (χ0) is 17.0. The molecule has 1 aromatic carbocycles. The van der Waals surface area contributed by atoms with Crippen LogP contribution in [0.3, 0.4) is 0 Å². The number of carbonyl (C=O) groups is 1. The van der Waals surface area contributed by atoms with E-state index < -0.39 is 6.10 Å². The van der Waals surface area contributed by atoms with Crippen molar-refractivity contribution in [2.24, 2.45) is 5.92 Å². The Balaban J connectivity index is 2.11. The number of nitrogens with one attached hydrogen (secondary N) is 1. The Morgan fingerprint density at radius 1 is 1.48 bits per heavy atom. The van der Waals surface area contributed by atoms with Crippen LogP contribution in [0.25, 0.3) is 5.69 Å². The summed E-state index contributed by atoms with van der Waals surface area (Å²) in [6, 6.07) is 7.28. The highest BCUT2D eigenvalue weighted by atomic mass is 35.5. The van der Waals surface area contributed by atoms with E-state index in [0.29, 0.717) is 10.6 Å². The molecule has 2 atom stereocenters. The lowest BCUT2D eigenvalue weighted by Crippen LogP contribution is -2.35. The van der Waals surface area contributed by atoms with Gasteiger partial charge in [-0.2, -0.15) is 5.10 Å². The van der Waals surface area contributed by atoms with Crippen LogP contribution >= 0.6 is 11.6 Å². The van der Waals surface area contributed by atoms with E-state index in [0.717, 1.165) is 17.8 Å². The largest absolute Gasteiger partial charge is 0.391 e. The first kappa shape index (κ1) is 17.5. The van der Waals surface area contributed by atoms with Gasteiger partial charge in [-0.3, -0.25) is 4.79 Å². The molecular formula is C17H22ClN3O2. The fourth-order valence-electron chi connectivity index (χ4n) is 2.27. The number of benzene rings is 1. The molecule has 6 heteroatoms. The van der Waals surface area contributed by atoms with Crippen LogP contribution in [0.1, 0.15) is 36.3 Å². The Labute approximate surface area is 141 Å². The number of hydrogen-bond acceptors (Lipinski definition) is 3. The third-order valence-corrected chi connectivity index (χ3v) is 4.31. The molecule has 0 spiro atoms. The minimum atomic E-state index is -0.549. The normalized spacial score (nSPS) is 13.6. The van der Waals surface area contributed by atoms with Crippen LogP contribution < -0.4 is 5.32 Å². The van der Waals surface area contributed by atoms with Crippen molar-refractivity contribution in [1.29, 1.82) is 0 Å². The predicted octanol–water partition coefficient (Wildman–Crippen LogP) is 2.97. The molecule has 0 radical (unpaired) electrons. The Morgan fingerprint density at radius 3 is 2.87 bits per heavy atom. The summed E-state index contributed by atoms with van der Waals surface area (Å²) in [7, 11) is 0. The third-order valence-electron chi connectivity index (χ3n) is 4.08. The molecule has 2 rings (SSSR count). The molecule has 2 unspecified atom stereocenters. The van der Waals surface area contributed by atoms with Gasteiger partial charge in [0.05, 0.1) is 29.2 Å². The molecular weight excluding hydrogens is 314 g/mol. The third kappa shape index (κ3) is 4.12. The summed E-state index contributed by atoms with van der Waals surface area (Å²) in [5, 5.41) is 17.6. The van der Waals surface area contributed by atoms with E-state index in [1.54, 1.807) is 16.8 Å². The zero-order valence-corrected chi connectivity index (χ0v) is 14.3. The van der Waals surface area contributed by atoms with E-state index in [1.165, 1.54) is 6.20 Å². The van der Waals surface area contributed by atoms with Crippen molar-refractivity contribution in [2.75, 3.05) is 6.54 Å². The number of aliphatic hydroxyl groups is 1. The number of halogens is 1. The number of carbonyl (C=O) groups excluding carboxylic acids is 1. The van der Waals surface area contributed by atoms with Crippen LogP contribution in [-0.2, 0) is 0 Å². The summed E-state index contributed by atoms with van der Waals surface area (Å²) >= 11 is 6.00. The maximum absolute atomic E-state index is 12.3. The Bertz CT molecular complexity index is 684. The van der Waals surface area contributed by atoms with Crippen molar-refractivity contribution in [3.63, 3.8) is 0 Å². The van der Waals surface area contributed by atoms with Gasteiger partial charge in [0, 0.05) is 11.6 Å². The molecule has 0 saturated carbocycles. The quantitative estimate of drug-likeness (QED) is 0.852. The Kier molecular flexibility index (Phi) is 5.80. The monoisotopic (exact) mass is 335 g/mol. The molecule has 2 aromatic rings. The molecule has 124 valence electrons. The molecule has 0 fully saturated rings. The number of hydrogen-bond donors (Lipinski definition) is 2. The maximum atomic E-state index is 12.3. The van der Waals surface area contributed by atoms with Gasteiger partial charge in [0.1, 0.15) is 0 Å². The van der Waals surface area contributed by atoms with Gasteiger partial charge in [-0.15, -0.1) is 0 Å². The number of nitrogens with zero attached hydrogens (tertiary/aromatic N) is 2. The van der Waals surface area contributed by atoms with Crippen molar-refractivity contribution in [1.82, 2.24) is 15.1 Å². The highest BCUT2D eigenvalue weighted by Crippen LogP contribution is 2.18. The van der Waals surface area contributed by atoms with E-state index in [4.69, 9.17) is 11.6 Å². The van der Waals surface area contributed by atoms with E-state index in [9.17, 15) is 9.90 Å². The standard InChI is InChI=1S/C17H22ClN3O2/c1-4-11(2)16(22)10-19-17(23)15-9-20-21(12(15)3)14-7-5-6-13(18)8-14/h5-9,11,16,22H,4,10H2,1-3H3,(H,19,23). The second kappa shape index (κ2) is 7.62. The highest BCUT2D eigenvalue weighted by Gasteiger charge is 2.18. The summed E-state index contributed by atoms with van der Waals surface area (Å²) in [5.41, 5.74) is 2.01. The molecule has 1 heterocycles. The number of aliphatic hydroxyl groups excluding tert-OH is 1. The van der Waals surface area contributed by atoms with Crippen LogP contribution in [0.2, 0.25) is 5.02 Å². The van der Waals surface area contributed by atoms with Gasteiger partial charge in [-0.25, -0.2) is 4.68 Å². The fourth-order valence-corrected chi connectivity index (χ4v) is 2.45. The summed E-state index contributed by atoms with van der Waals surface area (Å²) in [6.45, 7) is 6.03. The molecule has 0 aliphatic carbocycles. The number of rotatable bonds is 6. The van der Waals surface area contributed by atoms with Crippen LogP contribution in [-0.4, -0.2) is 33.4 Å². The summed E-state index contributed by atoms with van der Waals surface area (Å²) in [4.78, 5) is 12.3. The zero-order valence-electron chi connectivity index (χ0n) is 13.6. The maximum Gasteiger partial charge on any atom is 0.254 e. The van der Waals surface area contributed by atoms with Crippen LogP contribution in [0.15, 0.2) is 30.5 Å². The van der Waals surface area contributed by atoms with Gasteiger partial charge >= 0.3 is 0 Å². The minimum absolute atomic E-state index is 0.144. The summed E-state index contributed by atoms with van der Waals surface area (Å²) in [6.07, 6.45) is 1.84. The van der Waals surface area contributed by atoms with Crippen molar-refractivity contribution in [2.45, 2.75) is 33.3 Å². The fraction of sp³-hybridized carbons (Fsp3) is 0.412. The van der Waals surface area contributed by atoms with Crippen molar-refractivity contribution in [3.8, 4) is 5.69 Å². The van der Waals surface area contributed by atoms with Gasteiger partial charge in [-0.1, -0.05) is 37.9 Å². The topological polar surface area (TPSA) is 67.2 Å². The molecule has 23 heavy (non-hydrogen) atoms. The summed E-state index contributed by atoms with van der Waals surface area (Å²) in [5.74, 6) is -0.0938. The van der Waals surface area contributed by atoms with Gasteiger partial charge in [0.15, 0.2) is 0 Å². The second-order valence-electron chi connectivity index (χ2n) is 5.70. The SMILES string of the molecule is CCC(C)C(O)CNC(=O)c1cnn(-c2cccc(Cl)c2)c1C. The summed E-state index contributed by atoms with van der Waals surface area (Å²) < 4.78 is 1.67. The lowest BCUT2D eigenvalue weighted by atomic mass is 10.0. The van der Waals surface area contributed by atoms with Crippen LogP contribution in [0.5, 0.6) is 0 Å². The molecule has 0 aliphatic heterocycles. The molecule has 0 aliphatic rings. The average molecular weight is 336 g/mol. The molecule has 0 saturated heterocycles. The minimum Gasteiger partial charge on any atom is -0.391 e. The van der Waals surface area contributed by atoms with Gasteiger partial charge in [-0.05, 0) is 31.0 Å². The van der Waals surface area contributed by atoms with E-state index >= 15 is 0 Å². The Morgan fingerprint density at radius 2 is 2.22 bits per heavy atom. The van der Waals surface area contributed by atoms with E-state index in [-0.39, 0.29) is 18.4 Å².